The van der Waals surface area contributed by atoms with Crippen molar-refractivity contribution in [2.45, 2.75) is 39.8 Å². The highest BCUT2D eigenvalue weighted by Gasteiger charge is 2.37. The lowest BCUT2D eigenvalue weighted by Gasteiger charge is -2.22. The number of aromatic nitrogens is 2. The molecule has 12 nitrogen and oxygen atoms in total. The van der Waals surface area contributed by atoms with Crippen molar-refractivity contribution in [1.29, 1.82) is 0 Å². The first kappa shape index (κ1) is 41.8. The van der Waals surface area contributed by atoms with Gasteiger partial charge in [-0.15, -0.1) is 0 Å². The minimum Gasteiger partial charge on any atom is -0.497 e. The Bertz CT molecular complexity index is 2490. The molecule has 2 atom stereocenters. The van der Waals surface area contributed by atoms with Crippen LogP contribution in [-0.2, 0) is 0 Å². The number of halogens is 3. The number of carbonyl (C=O) groups is 2. The number of methoxy groups -OCH3 is 2. The highest BCUT2D eigenvalue weighted by atomic mass is 79.9. The number of ether oxygens (including phenoxy) is 2. The molecular weight excluding hydrogens is 817 g/mol. The molecule has 2 aliphatic heterocycles. The molecule has 300 valence electrons. The molecule has 4 heterocycles. The van der Waals surface area contributed by atoms with E-state index in [0.717, 1.165) is 32.4 Å². The molecule has 0 bridgehead atoms. The second-order valence-electron chi connectivity index (χ2n) is 13.8. The molecule has 2 unspecified atom stereocenters. The van der Waals surface area contributed by atoms with Gasteiger partial charge in [0.2, 0.25) is 0 Å². The van der Waals surface area contributed by atoms with E-state index in [9.17, 15) is 18.4 Å². The third-order valence-corrected chi connectivity index (χ3v) is 10.6. The maximum Gasteiger partial charge on any atom is 0.494 e. The Morgan fingerprint density at radius 1 is 0.690 bits per heavy atom. The first-order valence-electron chi connectivity index (χ1n) is 17.9. The number of amides is 2. The van der Waals surface area contributed by atoms with Crippen LogP contribution in [0, 0.1) is 39.3 Å². The summed E-state index contributed by atoms with van der Waals surface area (Å²) in [6.45, 7) is 7.03. The Labute approximate surface area is 342 Å². The normalized spacial score (nSPS) is 15.3. The summed E-state index contributed by atoms with van der Waals surface area (Å²) in [6.07, 6.45) is 0. The Hall–Kier alpha value is -5.84. The molecule has 0 saturated carbocycles. The standard InChI is InChI=1S/C21H19FN2O3.C16H13BrFNO2.C5H8BNO3/c1-11-19(12(2)27-23-11)13-5-6-17-18(9-13)20(24(3)21(17)25)14-7-15(22)10-16(8-14)26-4;1-19-15(9-5-11(18)8-12(6-9)21-2)14-7-10(17)3-4-13(14)16(19)20;1-3-5(6(8)9)4(2)10-7-3/h5-10,20H,1-4H3;3-8,15H,1-2H3;8-9H,1-2H3. The number of nitrogens with zero attached hydrogens (tertiary/aromatic N) is 4. The zero-order chi connectivity index (χ0) is 42.2. The van der Waals surface area contributed by atoms with Crippen LogP contribution in [0.2, 0.25) is 0 Å². The summed E-state index contributed by atoms with van der Waals surface area (Å²) in [5.74, 6) is 1.08. The van der Waals surface area contributed by atoms with Gasteiger partial charge in [-0.1, -0.05) is 32.3 Å². The molecular formula is C42H40BBrF2N4O8. The second-order valence-corrected chi connectivity index (χ2v) is 14.7. The molecule has 0 fully saturated rings. The molecule has 0 saturated heterocycles. The van der Waals surface area contributed by atoms with Crippen molar-refractivity contribution in [2.24, 2.45) is 0 Å². The van der Waals surface area contributed by atoms with Crippen LogP contribution in [-0.4, -0.2) is 77.4 Å². The van der Waals surface area contributed by atoms with E-state index in [1.165, 1.54) is 38.5 Å². The topological polar surface area (TPSA) is 152 Å². The minimum absolute atomic E-state index is 0.0641. The molecule has 2 amide bonds. The molecule has 2 aromatic heterocycles. The maximum atomic E-state index is 14.1. The van der Waals surface area contributed by atoms with Gasteiger partial charge < -0.3 is 38.4 Å². The number of rotatable bonds is 6. The predicted molar refractivity (Wildman–Crippen MR) is 215 cm³/mol. The fourth-order valence-corrected chi connectivity index (χ4v) is 7.78. The molecule has 4 aromatic carbocycles. The Kier molecular flexibility index (Phi) is 12.2. The average molecular weight is 858 g/mol. The summed E-state index contributed by atoms with van der Waals surface area (Å²) >= 11 is 3.42. The molecule has 6 aromatic rings. The van der Waals surface area contributed by atoms with E-state index in [-0.39, 0.29) is 23.7 Å². The van der Waals surface area contributed by atoms with Gasteiger partial charge in [0.1, 0.15) is 34.7 Å². The summed E-state index contributed by atoms with van der Waals surface area (Å²) in [5.41, 5.74) is 7.81. The van der Waals surface area contributed by atoms with Crippen LogP contribution in [0.1, 0.15) is 78.0 Å². The number of fused-ring (bicyclic) bond motifs is 2. The smallest absolute Gasteiger partial charge is 0.494 e. The van der Waals surface area contributed by atoms with Gasteiger partial charge in [0.25, 0.3) is 11.8 Å². The van der Waals surface area contributed by atoms with Gasteiger partial charge >= 0.3 is 7.12 Å². The summed E-state index contributed by atoms with van der Waals surface area (Å²) < 4.78 is 49.0. The van der Waals surface area contributed by atoms with E-state index in [1.54, 1.807) is 55.9 Å². The molecule has 0 aliphatic carbocycles. The van der Waals surface area contributed by atoms with E-state index >= 15 is 0 Å². The quantitative estimate of drug-likeness (QED) is 0.167. The fourth-order valence-electron chi connectivity index (χ4n) is 7.41. The first-order valence-corrected chi connectivity index (χ1v) is 18.7. The zero-order valence-electron chi connectivity index (χ0n) is 32.9. The van der Waals surface area contributed by atoms with Crippen molar-refractivity contribution >= 4 is 40.3 Å². The molecule has 16 heteroatoms. The third kappa shape index (κ3) is 8.12. The number of hydrogen-bond acceptors (Lipinski definition) is 10. The van der Waals surface area contributed by atoms with Crippen molar-refractivity contribution in [3.8, 4) is 22.6 Å². The number of aryl methyl sites for hydroxylation is 4. The van der Waals surface area contributed by atoms with Gasteiger partial charge in [-0.05, 0) is 110 Å². The molecule has 0 spiro atoms. The fraction of sp³-hybridized carbons (Fsp3) is 0.238. The summed E-state index contributed by atoms with van der Waals surface area (Å²) in [4.78, 5) is 28.3. The molecule has 0 radical (unpaired) electrons. The lowest BCUT2D eigenvalue weighted by molar-refractivity contribution is 0.0786. The number of hydrogen-bond donors (Lipinski definition) is 2. The number of benzene rings is 4. The van der Waals surface area contributed by atoms with Gasteiger partial charge in [0, 0.05) is 52.9 Å². The van der Waals surface area contributed by atoms with Crippen molar-refractivity contribution < 1.29 is 46.9 Å². The van der Waals surface area contributed by atoms with Crippen molar-refractivity contribution in [3.05, 3.63) is 145 Å². The Balaban J connectivity index is 0.000000162. The van der Waals surface area contributed by atoms with Gasteiger partial charge in [0.05, 0.1) is 37.7 Å². The van der Waals surface area contributed by atoms with E-state index < -0.39 is 19.0 Å². The largest absolute Gasteiger partial charge is 0.497 e. The summed E-state index contributed by atoms with van der Waals surface area (Å²) in [7, 11) is 4.95. The average Bonchev–Trinajstić information content (AvgIpc) is 3.86. The van der Waals surface area contributed by atoms with Crippen LogP contribution in [0.3, 0.4) is 0 Å². The van der Waals surface area contributed by atoms with E-state index in [0.29, 0.717) is 56.4 Å². The zero-order valence-corrected chi connectivity index (χ0v) is 34.5. The number of carbonyl (C=O) groups excluding carboxylic acids is 2. The lowest BCUT2D eigenvalue weighted by atomic mass is 9.79. The van der Waals surface area contributed by atoms with Crippen LogP contribution in [0.5, 0.6) is 11.5 Å². The third-order valence-electron chi connectivity index (χ3n) is 10.1. The van der Waals surface area contributed by atoms with Gasteiger partial charge in [-0.2, -0.15) is 0 Å². The van der Waals surface area contributed by atoms with Crippen molar-refractivity contribution in [1.82, 2.24) is 20.1 Å². The van der Waals surface area contributed by atoms with Crippen LogP contribution < -0.4 is 14.9 Å². The maximum absolute atomic E-state index is 14.1. The Morgan fingerprint density at radius 2 is 1.17 bits per heavy atom. The first-order chi connectivity index (χ1) is 27.5. The minimum atomic E-state index is -1.48. The van der Waals surface area contributed by atoms with Crippen molar-refractivity contribution in [3.63, 3.8) is 0 Å². The monoisotopic (exact) mass is 856 g/mol. The highest BCUT2D eigenvalue weighted by Crippen LogP contribution is 2.42. The molecule has 8 rings (SSSR count). The van der Waals surface area contributed by atoms with E-state index in [2.05, 4.69) is 30.8 Å². The van der Waals surface area contributed by atoms with Crippen LogP contribution in [0.25, 0.3) is 11.1 Å². The highest BCUT2D eigenvalue weighted by molar-refractivity contribution is 9.10. The molecule has 58 heavy (non-hydrogen) atoms. The van der Waals surface area contributed by atoms with Crippen molar-refractivity contribution in [2.75, 3.05) is 28.3 Å². The van der Waals surface area contributed by atoms with Crippen LogP contribution in [0.15, 0.2) is 86.3 Å². The van der Waals surface area contributed by atoms with E-state index in [4.69, 9.17) is 24.0 Å². The van der Waals surface area contributed by atoms with Gasteiger partial charge in [-0.25, -0.2) is 8.78 Å². The predicted octanol–water partition coefficient (Wildman–Crippen LogP) is 7.02. The Morgan fingerprint density at radius 3 is 1.60 bits per heavy atom. The van der Waals surface area contributed by atoms with Gasteiger partial charge in [-0.3, -0.25) is 9.59 Å². The van der Waals surface area contributed by atoms with E-state index in [1.807, 2.05) is 44.2 Å². The second kappa shape index (κ2) is 16.9. The van der Waals surface area contributed by atoms with Crippen LogP contribution in [0.4, 0.5) is 8.78 Å². The summed E-state index contributed by atoms with van der Waals surface area (Å²) in [6, 6.07) is 19.5. The molecule has 2 aliphatic rings. The SMILES string of the molecule is COc1cc(F)cc(C2c3cc(-c4c(C)noc4C)ccc3C(=O)N2C)c1.COc1cc(F)cc(C2c3cc(Br)ccc3C(=O)N2C)c1.Cc1noc(C)c1B(O)O. The summed E-state index contributed by atoms with van der Waals surface area (Å²) in [5, 5.41) is 25.0. The van der Waals surface area contributed by atoms with Gasteiger partial charge in [0.15, 0.2) is 0 Å². The lowest BCUT2D eigenvalue weighted by Crippen LogP contribution is -2.32. The molecule has 2 N–H and O–H groups in total. The van der Waals surface area contributed by atoms with Crippen LogP contribution >= 0.6 is 15.9 Å².